The second-order valence-corrected chi connectivity index (χ2v) is 11.0. The molecule has 0 spiro atoms. The highest BCUT2D eigenvalue weighted by Gasteiger charge is 2.84. The number of methoxy groups -OCH3 is 1. The van der Waals surface area contributed by atoms with E-state index in [-0.39, 0.29) is 17.8 Å². The molecule has 1 saturated carbocycles. The molecule has 0 aromatic rings. The molecular formula is C26H30O8. The highest BCUT2D eigenvalue weighted by molar-refractivity contribution is 6.19. The molecule has 0 radical (unpaired) electrons. The number of carbonyl (C=O) groups excluding carboxylic acids is 5. The van der Waals surface area contributed by atoms with Gasteiger partial charge >= 0.3 is 11.9 Å². The van der Waals surface area contributed by atoms with Gasteiger partial charge in [-0.1, -0.05) is 32.1 Å². The van der Waals surface area contributed by atoms with Crippen LogP contribution in [0.25, 0.3) is 0 Å². The number of carbonyl (C=O) groups is 5. The molecule has 0 aromatic heterocycles. The van der Waals surface area contributed by atoms with Crippen LogP contribution in [0.4, 0.5) is 0 Å². The number of aliphatic hydroxyl groups is 1. The fraction of sp³-hybridized carbons (Fsp3) is 0.577. The molecule has 6 atom stereocenters. The fourth-order valence-corrected chi connectivity index (χ4v) is 7.52. The molecule has 3 aliphatic carbocycles. The van der Waals surface area contributed by atoms with E-state index in [4.69, 9.17) is 9.47 Å². The number of cyclic esters (lactones) is 1. The number of ketones is 3. The molecule has 1 saturated heterocycles. The number of aliphatic hydroxyl groups excluding tert-OH is 1. The van der Waals surface area contributed by atoms with Crippen molar-refractivity contribution in [2.75, 3.05) is 7.11 Å². The molecule has 4 aliphatic rings. The van der Waals surface area contributed by atoms with Gasteiger partial charge in [-0.05, 0) is 51.7 Å². The quantitative estimate of drug-likeness (QED) is 0.352. The van der Waals surface area contributed by atoms with Gasteiger partial charge in [0.25, 0.3) is 0 Å². The van der Waals surface area contributed by atoms with Gasteiger partial charge in [0.1, 0.15) is 0 Å². The second-order valence-electron chi connectivity index (χ2n) is 11.0. The average molecular weight is 471 g/mol. The Morgan fingerprint density at radius 2 is 1.74 bits per heavy atom. The summed E-state index contributed by atoms with van der Waals surface area (Å²) in [6.07, 6.45) is 1.96. The third-order valence-electron chi connectivity index (χ3n) is 9.34. The van der Waals surface area contributed by atoms with E-state index in [1.165, 1.54) is 26.8 Å². The lowest BCUT2D eigenvalue weighted by molar-refractivity contribution is -0.225. The number of hydrogen-bond acceptors (Lipinski definition) is 8. The minimum atomic E-state index is -2.42. The highest BCUT2D eigenvalue weighted by Crippen LogP contribution is 2.74. The summed E-state index contributed by atoms with van der Waals surface area (Å²) in [5.41, 5.74) is -7.96. The van der Waals surface area contributed by atoms with E-state index in [9.17, 15) is 29.1 Å². The lowest BCUT2D eigenvalue weighted by atomic mass is 9.33. The number of rotatable bonds is 1. The van der Waals surface area contributed by atoms with Crippen molar-refractivity contribution in [1.82, 2.24) is 0 Å². The van der Waals surface area contributed by atoms with E-state index in [0.717, 1.165) is 7.11 Å². The third kappa shape index (κ3) is 2.14. The van der Waals surface area contributed by atoms with Crippen molar-refractivity contribution < 1.29 is 38.6 Å². The standard InChI is InChI=1S/C26H30O8/c1-12-11-14-23(5)10-9-15(27)22(3,4)17(23)16(28)19(30)25(14,7)26(20(31)33-8)21(32)34-13(2)18(29)24(12,26)6/h9-10,13-14,28H,1,11H2,2-8H3/t13-,14+,23-,24?,25?,26+/m0/s1. The van der Waals surface area contributed by atoms with E-state index in [1.807, 2.05) is 0 Å². The van der Waals surface area contributed by atoms with Crippen LogP contribution in [0.15, 0.2) is 35.6 Å². The molecule has 1 heterocycles. The van der Waals surface area contributed by atoms with Crippen molar-refractivity contribution in [3.8, 4) is 0 Å². The van der Waals surface area contributed by atoms with E-state index in [0.29, 0.717) is 5.57 Å². The van der Waals surface area contributed by atoms with Crippen LogP contribution in [0, 0.1) is 33.0 Å². The Kier molecular flexibility index (Phi) is 4.64. The van der Waals surface area contributed by atoms with Crippen molar-refractivity contribution >= 4 is 29.3 Å². The molecule has 2 fully saturated rings. The van der Waals surface area contributed by atoms with Gasteiger partial charge in [0.05, 0.1) is 23.4 Å². The zero-order valence-corrected chi connectivity index (χ0v) is 20.5. The third-order valence-corrected chi connectivity index (χ3v) is 9.34. The zero-order valence-electron chi connectivity index (χ0n) is 20.5. The number of fused-ring (bicyclic) bond motifs is 5. The first-order valence-corrected chi connectivity index (χ1v) is 11.3. The van der Waals surface area contributed by atoms with Gasteiger partial charge in [-0.2, -0.15) is 0 Å². The Hall–Kier alpha value is -3.03. The van der Waals surface area contributed by atoms with Crippen molar-refractivity contribution in [2.24, 2.45) is 33.0 Å². The van der Waals surface area contributed by atoms with Gasteiger partial charge in [0, 0.05) is 5.41 Å². The molecule has 4 rings (SSSR count). The zero-order chi connectivity index (χ0) is 25.8. The first kappa shape index (κ1) is 24.1. The van der Waals surface area contributed by atoms with Gasteiger partial charge in [0.2, 0.25) is 5.78 Å². The summed E-state index contributed by atoms with van der Waals surface area (Å²) >= 11 is 0. The smallest absolute Gasteiger partial charge is 0.326 e. The van der Waals surface area contributed by atoms with Crippen LogP contribution in [-0.2, 0) is 33.4 Å². The molecule has 1 aliphatic heterocycles. The first-order valence-electron chi connectivity index (χ1n) is 11.3. The summed E-state index contributed by atoms with van der Waals surface area (Å²) < 4.78 is 10.5. The molecule has 2 unspecified atom stereocenters. The van der Waals surface area contributed by atoms with Gasteiger partial charge in [-0.15, -0.1) is 0 Å². The van der Waals surface area contributed by atoms with Crippen molar-refractivity contribution in [2.45, 2.75) is 54.1 Å². The van der Waals surface area contributed by atoms with Gasteiger partial charge in [-0.25, -0.2) is 0 Å². The minimum Gasteiger partial charge on any atom is -0.504 e. The molecule has 0 bridgehead atoms. The predicted molar refractivity (Wildman–Crippen MR) is 119 cm³/mol. The molecule has 8 heteroatoms. The van der Waals surface area contributed by atoms with E-state index in [1.54, 1.807) is 26.8 Å². The number of ether oxygens (including phenoxy) is 2. The van der Waals surface area contributed by atoms with Crippen LogP contribution in [0.3, 0.4) is 0 Å². The van der Waals surface area contributed by atoms with Crippen molar-refractivity contribution in [1.29, 1.82) is 0 Å². The lowest BCUT2D eigenvalue weighted by Gasteiger charge is -2.66. The highest BCUT2D eigenvalue weighted by atomic mass is 16.6. The fourth-order valence-electron chi connectivity index (χ4n) is 7.52. The van der Waals surface area contributed by atoms with Crippen molar-refractivity contribution in [3.63, 3.8) is 0 Å². The van der Waals surface area contributed by atoms with Crippen molar-refractivity contribution in [3.05, 3.63) is 35.6 Å². The number of esters is 2. The Morgan fingerprint density at radius 3 is 2.29 bits per heavy atom. The van der Waals surface area contributed by atoms with Crippen LogP contribution in [0.5, 0.6) is 0 Å². The molecule has 0 amide bonds. The van der Waals surface area contributed by atoms with E-state index >= 15 is 0 Å². The Balaban J connectivity index is 2.19. The Morgan fingerprint density at radius 1 is 1.15 bits per heavy atom. The maximum atomic E-state index is 14.1. The topological polar surface area (TPSA) is 124 Å². The molecule has 34 heavy (non-hydrogen) atoms. The summed E-state index contributed by atoms with van der Waals surface area (Å²) in [6.45, 7) is 13.4. The van der Waals surface area contributed by atoms with E-state index < -0.39 is 68.4 Å². The molecule has 8 nitrogen and oxygen atoms in total. The maximum absolute atomic E-state index is 14.1. The summed E-state index contributed by atoms with van der Waals surface area (Å²) in [4.78, 5) is 67.9. The van der Waals surface area contributed by atoms with E-state index in [2.05, 4.69) is 6.58 Å². The second kappa shape index (κ2) is 6.55. The van der Waals surface area contributed by atoms with Gasteiger partial charge in [-0.3, -0.25) is 24.0 Å². The molecule has 182 valence electrons. The summed E-state index contributed by atoms with van der Waals surface area (Å²) in [5.74, 6) is -5.40. The predicted octanol–water partition coefficient (Wildman–Crippen LogP) is 2.82. The SMILES string of the molecule is C=C1C[C@H]2C(C)(C(=O)C(O)=C3C(C)(C)C(=O)C=C[C@]32C)[C@]2(C(=O)OC)C(=O)O[C@@H](C)C(=O)C12C. The van der Waals surface area contributed by atoms with Crippen LogP contribution < -0.4 is 0 Å². The van der Waals surface area contributed by atoms with Gasteiger partial charge in [0.15, 0.2) is 28.8 Å². The maximum Gasteiger partial charge on any atom is 0.326 e. The summed E-state index contributed by atoms with van der Waals surface area (Å²) in [7, 11) is 1.07. The largest absolute Gasteiger partial charge is 0.504 e. The normalized spacial score (nSPS) is 43.1. The first-order chi connectivity index (χ1) is 15.5. The monoisotopic (exact) mass is 470 g/mol. The van der Waals surface area contributed by atoms with Crippen LogP contribution in [-0.4, -0.2) is 47.6 Å². The number of Topliss-reactive ketones (excluding diaryl/α,β-unsaturated/α-hetero) is 2. The summed E-state index contributed by atoms with van der Waals surface area (Å²) in [6, 6.07) is 0. The van der Waals surface area contributed by atoms with Crippen LogP contribution >= 0.6 is 0 Å². The van der Waals surface area contributed by atoms with Gasteiger partial charge < -0.3 is 14.6 Å². The molecule has 0 aromatic carbocycles. The minimum absolute atomic E-state index is 0.102. The Labute approximate surface area is 198 Å². The average Bonchev–Trinajstić information content (AvgIpc) is 2.75. The lowest BCUT2D eigenvalue weighted by Crippen LogP contribution is -2.77. The van der Waals surface area contributed by atoms with Crippen LogP contribution in [0.1, 0.15) is 48.0 Å². The molecular weight excluding hydrogens is 440 g/mol. The number of hydrogen-bond donors (Lipinski definition) is 1. The number of allylic oxidation sites excluding steroid dienone is 5. The summed E-state index contributed by atoms with van der Waals surface area (Å²) in [5, 5.41) is 11.3. The molecule has 1 N–H and O–H groups in total. The van der Waals surface area contributed by atoms with Crippen LogP contribution in [0.2, 0.25) is 0 Å². The Bertz CT molecular complexity index is 1170.